The molecule has 1 amide bonds. The van der Waals surface area contributed by atoms with Gasteiger partial charge in [-0.2, -0.15) is 23.1 Å². The normalized spacial score (nSPS) is 12.2. The third-order valence-electron chi connectivity index (χ3n) is 3.13. The molecule has 0 aliphatic rings. The monoisotopic (exact) mass is 359 g/mol. The van der Waals surface area contributed by atoms with Crippen molar-refractivity contribution in [1.29, 1.82) is 0 Å². The summed E-state index contributed by atoms with van der Waals surface area (Å²) in [4.78, 5) is 33.0. The number of nitrogens with zero attached hydrogens (tertiary/aromatic N) is 3. The van der Waals surface area contributed by atoms with Gasteiger partial charge in [0.15, 0.2) is 5.82 Å². The van der Waals surface area contributed by atoms with Crippen molar-refractivity contribution < 1.29 is 22.5 Å². The summed E-state index contributed by atoms with van der Waals surface area (Å²) in [6.07, 6.45) is -4.78. The van der Waals surface area contributed by atoms with E-state index in [0.717, 1.165) is 0 Å². The molecule has 0 saturated carbocycles. The molecular formula is C14H16F3N5O3. The number of H-pyrrole nitrogens is 1. The lowest BCUT2D eigenvalue weighted by Crippen LogP contribution is -2.31. The second-order valence-electron chi connectivity index (χ2n) is 6.25. The van der Waals surface area contributed by atoms with Gasteiger partial charge in [0.1, 0.15) is 5.69 Å². The molecule has 11 heteroatoms. The maximum absolute atomic E-state index is 12.3. The Hall–Kier alpha value is -2.72. The summed E-state index contributed by atoms with van der Waals surface area (Å²) in [6, 6.07) is 1.45. The first kappa shape index (κ1) is 18.6. The Kier molecular flexibility index (Phi) is 4.95. The number of halogens is 3. The van der Waals surface area contributed by atoms with E-state index in [1.165, 1.54) is 6.07 Å². The summed E-state index contributed by atoms with van der Waals surface area (Å²) in [6.45, 7) is 5.52. The number of amides is 1. The Morgan fingerprint density at radius 1 is 1.28 bits per heavy atom. The molecule has 0 aliphatic carbocycles. The van der Waals surface area contributed by atoms with Gasteiger partial charge in [0.2, 0.25) is 0 Å². The van der Waals surface area contributed by atoms with Crippen LogP contribution in [0.2, 0.25) is 0 Å². The second kappa shape index (κ2) is 6.65. The van der Waals surface area contributed by atoms with E-state index in [1.807, 2.05) is 20.8 Å². The summed E-state index contributed by atoms with van der Waals surface area (Å²) in [5.41, 5.74) is -0.607. The predicted octanol–water partition coefficient (Wildman–Crippen LogP) is 1.44. The highest BCUT2D eigenvalue weighted by atomic mass is 19.4. The summed E-state index contributed by atoms with van der Waals surface area (Å²) >= 11 is 0. The number of alkyl halides is 3. The van der Waals surface area contributed by atoms with Crippen LogP contribution in [0, 0.1) is 0 Å². The van der Waals surface area contributed by atoms with E-state index < -0.39 is 29.1 Å². The summed E-state index contributed by atoms with van der Waals surface area (Å²) in [7, 11) is 0. The number of hydrogen-bond acceptors (Lipinski definition) is 6. The van der Waals surface area contributed by atoms with Gasteiger partial charge in [0, 0.05) is 24.1 Å². The SMILES string of the molecule is CC(C)(C)c1cc(C(=O)NCCc2noc(C(F)(F)F)n2)nc(=O)[nH]1. The molecule has 2 heterocycles. The maximum atomic E-state index is 12.3. The first-order chi connectivity index (χ1) is 11.5. The van der Waals surface area contributed by atoms with Crippen LogP contribution in [0.15, 0.2) is 15.4 Å². The first-order valence-corrected chi connectivity index (χ1v) is 7.26. The fourth-order valence-electron chi connectivity index (χ4n) is 1.83. The van der Waals surface area contributed by atoms with Crippen molar-refractivity contribution in [2.75, 3.05) is 6.54 Å². The van der Waals surface area contributed by atoms with Crippen LogP contribution in [0.3, 0.4) is 0 Å². The van der Waals surface area contributed by atoms with Crippen molar-refractivity contribution in [2.24, 2.45) is 0 Å². The Labute approximate surface area is 139 Å². The molecule has 0 bridgehead atoms. The van der Waals surface area contributed by atoms with Gasteiger partial charge < -0.3 is 14.8 Å². The van der Waals surface area contributed by atoms with Crippen molar-refractivity contribution in [3.05, 3.63) is 39.7 Å². The van der Waals surface area contributed by atoms with Gasteiger partial charge in [-0.3, -0.25) is 4.79 Å². The number of carbonyl (C=O) groups is 1. The molecule has 2 aromatic rings. The van der Waals surface area contributed by atoms with Gasteiger partial charge in [-0.15, -0.1) is 0 Å². The summed E-state index contributed by atoms with van der Waals surface area (Å²) in [5.74, 6) is -2.27. The van der Waals surface area contributed by atoms with Crippen molar-refractivity contribution >= 4 is 5.91 Å². The minimum absolute atomic E-state index is 0.0466. The molecule has 0 saturated heterocycles. The number of aromatic nitrogens is 4. The average Bonchev–Trinajstić information content (AvgIpc) is 2.94. The lowest BCUT2D eigenvalue weighted by atomic mass is 9.91. The van der Waals surface area contributed by atoms with Gasteiger partial charge in [0.05, 0.1) is 0 Å². The van der Waals surface area contributed by atoms with E-state index in [1.54, 1.807) is 0 Å². The Balaban J connectivity index is 2.00. The average molecular weight is 359 g/mol. The van der Waals surface area contributed by atoms with Crippen LogP contribution in [0.1, 0.15) is 48.7 Å². The minimum atomic E-state index is -4.72. The third-order valence-corrected chi connectivity index (χ3v) is 3.13. The molecule has 2 N–H and O–H groups in total. The van der Waals surface area contributed by atoms with Gasteiger partial charge >= 0.3 is 17.8 Å². The molecule has 0 radical (unpaired) electrons. The lowest BCUT2D eigenvalue weighted by molar-refractivity contribution is -0.159. The molecule has 0 unspecified atom stereocenters. The van der Waals surface area contributed by atoms with Crippen LogP contribution >= 0.6 is 0 Å². The molecule has 8 nitrogen and oxygen atoms in total. The largest absolute Gasteiger partial charge is 0.471 e. The summed E-state index contributed by atoms with van der Waals surface area (Å²) < 4.78 is 41.1. The number of rotatable bonds is 4. The zero-order valence-electron chi connectivity index (χ0n) is 13.7. The predicted molar refractivity (Wildman–Crippen MR) is 78.9 cm³/mol. The van der Waals surface area contributed by atoms with Crippen molar-refractivity contribution in [3.8, 4) is 0 Å². The first-order valence-electron chi connectivity index (χ1n) is 7.26. The lowest BCUT2D eigenvalue weighted by Gasteiger charge is -2.18. The van der Waals surface area contributed by atoms with Crippen molar-refractivity contribution in [1.82, 2.24) is 25.4 Å². The highest BCUT2D eigenvalue weighted by Gasteiger charge is 2.38. The van der Waals surface area contributed by atoms with Crippen LogP contribution < -0.4 is 11.0 Å². The fraction of sp³-hybridized carbons (Fsp3) is 0.500. The van der Waals surface area contributed by atoms with Crippen LogP contribution in [0.5, 0.6) is 0 Å². The van der Waals surface area contributed by atoms with E-state index >= 15 is 0 Å². The van der Waals surface area contributed by atoms with Crippen LogP contribution in [0.4, 0.5) is 13.2 Å². The highest BCUT2D eigenvalue weighted by Crippen LogP contribution is 2.27. The molecule has 0 aromatic carbocycles. The highest BCUT2D eigenvalue weighted by molar-refractivity contribution is 5.92. The zero-order chi connectivity index (χ0) is 18.8. The van der Waals surface area contributed by atoms with Gasteiger partial charge in [-0.1, -0.05) is 25.9 Å². The second-order valence-corrected chi connectivity index (χ2v) is 6.25. The smallest absolute Gasteiger partial charge is 0.350 e. The van der Waals surface area contributed by atoms with Crippen LogP contribution in [-0.2, 0) is 18.0 Å². The van der Waals surface area contributed by atoms with Gasteiger partial charge in [0.25, 0.3) is 5.91 Å². The van der Waals surface area contributed by atoms with Crippen LogP contribution in [-0.4, -0.2) is 32.6 Å². The van der Waals surface area contributed by atoms with Crippen LogP contribution in [0.25, 0.3) is 0 Å². The fourth-order valence-corrected chi connectivity index (χ4v) is 1.83. The standard InChI is InChI=1S/C14H16F3N5O3/c1-13(2,3)8-6-7(19-12(24)20-8)10(23)18-5-4-9-21-11(25-22-9)14(15,16)17/h6H,4-5H2,1-3H3,(H,18,23)(H,19,20,24). The molecule has 0 fully saturated rings. The number of carbonyl (C=O) groups excluding carboxylic acids is 1. The number of aromatic amines is 1. The van der Waals surface area contributed by atoms with Crippen molar-refractivity contribution in [2.45, 2.75) is 38.8 Å². The molecule has 136 valence electrons. The van der Waals surface area contributed by atoms with E-state index in [4.69, 9.17) is 0 Å². The topological polar surface area (TPSA) is 114 Å². The van der Waals surface area contributed by atoms with Crippen molar-refractivity contribution in [3.63, 3.8) is 0 Å². The molecule has 0 spiro atoms. The zero-order valence-corrected chi connectivity index (χ0v) is 13.7. The molecular weight excluding hydrogens is 343 g/mol. The molecule has 0 atom stereocenters. The maximum Gasteiger partial charge on any atom is 0.471 e. The molecule has 25 heavy (non-hydrogen) atoms. The minimum Gasteiger partial charge on any atom is -0.350 e. The molecule has 2 aromatic heterocycles. The third kappa shape index (κ3) is 4.88. The molecule has 2 rings (SSSR count). The quantitative estimate of drug-likeness (QED) is 0.854. The Morgan fingerprint density at radius 3 is 2.52 bits per heavy atom. The number of hydrogen-bond donors (Lipinski definition) is 2. The number of nitrogens with one attached hydrogen (secondary N) is 2. The molecule has 0 aliphatic heterocycles. The Bertz CT molecular complexity index is 820. The van der Waals surface area contributed by atoms with E-state index in [-0.39, 0.29) is 24.5 Å². The van der Waals surface area contributed by atoms with Gasteiger partial charge in [-0.25, -0.2) is 4.79 Å². The van der Waals surface area contributed by atoms with E-state index in [2.05, 4.69) is 29.9 Å². The van der Waals surface area contributed by atoms with E-state index in [0.29, 0.717) is 5.69 Å². The van der Waals surface area contributed by atoms with E-state index in [9.17, 15) is 22.8 Å². The summed E-state index contributed by atoms with van der Waals surface area (Å²) in [5, 5.41) is 5.63. The van der Waals surface area contributed by atoms with Gasteiger partial charge in [-0.05, 0) is 6.07 Å². The Morgan fingerprint density at radius 2 is 1.96 bits per heavy atom.